The van der Waals surface area contributed by atoms with Crippen molar-refractivity contribution in [3.8, 4) is 0 Å². The quantitative estimate of drug-likeness (QED) is 0.831. The van der Waals surface area contributed by atoms with Gasteiger partial charge in [-0.15, -0.1) is 0 Å². The number of aliphatic hydroxyl groups excluding tert-OH is 1. The van der Waals surface area contributed by atoms with Gasteiger partial charge < -0.3 is 19.3 Å². The first-order valence-corrected chi connectivity index (χ1v) is 9.96. The molecule has 0 bridgehead atoms. The van der Waals surface area contributed by atoms with Crippen LogP contribution in [0.25, 0.3) is 0 Å². The Balaban J connectivity index is 1.55. The molecule has 0 amide bonds. The number of hydrogen-bond donors (Lipinski definition) is 1. The smallest absolute Gasteiger partial charge is 0.163 e. The van der Waals surface area contributed by atoms with Crippen LogP contribution in [0.15, 0.2) is 60.7 Å². The molecule has 5 heteroatoms. The molecule has 2 aromatic carbocycles. The number of nitrogens with zero attached hydrogens (tertiary/aromatic N) is 1. The monoisotopic (exact) mass is 383 g/mol. The Morgan fingerprint density at radius 1 is 1.00 bits per heavy atom. The van der Waals surface area contributed by atoms with Gasteiger partial charge >= 0.3 is 0 Å². The van der Waals surface area contributed by atoms with E-state index in [4.69, 9.17) is 14.2 Å². The van der Waals surface area contributed by atoms with E-state index in [2.05, 4.69) is 17.0 Å². The van der Waals surface area contributed by atoms with Gasteiger partial charge in [-0.3, -0.25) is 4.90 Å². The Labute approximate surface area is 166 Å². The van der Waals surface area contributed by atoms with Crippen LogP contribution < -0.4 is 0 Å². The third-order valence-electron chi connectivity index (χ3n) is 5.51. The van der Waals surface area contributed by atoms with Crippen molar-refractivity contribution in [3.63, 3.8) is 0 Å². The summed E-state index contributed by atoms with van der Waals surface area (Å²) in [5, 5.41) is 10.2. The summed E-state index contributed by atoms with van der Waals surface area (Å²) in [7, 11) is 0. The van der Waals surface area contributed by atoms with Crippen molar-refractivity contribution >= 4 is 0 Å². The predicted octanol–water partition coefficient (Wildman–Crippen LogP) is 2.97. The highest BCUT2D eigenvalue weighted by molar-refractivity contribution is 5.16. The maximum absolute atomic E-state index is 10.2. The van der Waals surface area contributed by atoms with Crippen molar-refractivity contribution in [2.45, 2.75) is 57.1 Å². The van der Waals surface area contributed by atoms with Crippen LogP contribution in [-0.4, -0.2) is 53.3 Å². The SMILES string of the molecule is CC1(C)O[C@H]2[C@H](OCc3ccccc3)[C@@H](CO)N(Cc3ccccc3)C[C@@H]2O1. The first-order chi connectivity index (χ1) is 13.6. The van der Waals surface area contributed by atoms with Crippen molar-refractivity contribution in [3.05, 3.63) is 71.8 Å². The molecule has 5 nitrogen and oxygen atoms in total. The van der Waals surface area contributed by atoms with Crippen LogP contribution in [0.2, 0.25) is 0 Å². The van der Waals surface area contributed by atoms with Gasteiger partial charge in [-0.2, -0.15) is 0 Å². The molecule has 2 heterocycles. The van der Waals surface area contributed by atoms with E-state index in [-0.39, 0.29) is 31.0 Å². The molecule has 150 valence electrons. The number of rotatable bonds is 6. The van der Waals surface area contributed by atoms with Crippen molar-refractivity contribution in [1.29, 1.82) is 0 Å². The molecular formula is C23H29NO4. The second-order valence-electron chi connectivity index (χ2n) is 8.06. The minimum atomic E-state index is -0.646. The van der Waals surface area contributed by atoms with Crippen molar-refractivity contribution in [2.24, 2.45) is 0 Å². The summed E-state index contributed by atoms with van der Waals surface area (Å²) < 4.78 is 18.7. The standard InChI is InChI=1S/C23H29NO4/c1-23(2)27-20-14-24(13-17-9-5-3-6-10-17)19(15-25)21(22(20)28-23)26-16-18-11-7-4-8-12-18/h3-12,19-22,25H,13-16H2,1-2H3/t19-,20+,21-,22-/m1/s1. The highest BCUT2D eigenvalue weighted by Gasteiger charge is 2.53. The lowest BCUT2D eigenvalue weighted by Gasteiger charge is -2.44. The topological polar surface area (TPSA) is 51.2 Å². The van der Waals surface area contributed by atoms with Crippen molar-refractivity contribution < 1.29 is 19.3 Å². The fourth-order valence-corrected chi connectivity index (χ4v) is 4.27. The third-order valence-corrected chi connectivity index (χ3v) is 5.51. The number of hydrogen-bond acceptors (Lipinski definition) is 5. The number of piperidine rings is 1. The van der Waals surface area contributed by atoms with Crippen LogP contribution in [0.3, 0.4) is 0 Å². The predicted molar refractivity (Wildman–Crippen MR) is 107 cm³/mol. The van der Waals surface area contributed by atoms with Crippen LogP contribution in [0.1, 0.15) is 25.0 Å². The van der Waals surface area contributed by atoms with Crippen LogP contribution in [-0.2, 0) is 27.4 Å². The highest BCUT2D eigenvalue weighted by atomic mass is 16.8. The summed E-state index contributed by atoms with van der Waals surface area (Å²) in [5.74, 6) is -0.646. The molecule has 2 fully saturated rings. The fraction of sp³-hybridized carbons (Fsp3) is 0.478. The number of ether oxygens (including phenoxy) is 3. The Bertz CT molecular complexity index is 752. The average molecular weight is 383 g/mol. The number of aliphatic hydroxyl groups is 1. The molecule has 4 rings (SSSR count). The summed E-state index contributed by atoms with van der Waals surface area (Å²) in [6.07, 6.45) is -0.542. The number of likely N-dealkylation sites (tertiary alicyclic amines) is 1. The lowest BCUT2D eigenvalue weighted by Crippen LogP contribution is -2.62. The number of fused-ring (bicyclic) bond motifs is 1. The molecule has 2 saturated heterocycles. The van der Waals surface area contributed by atoms with Gasteiger partial charge in [0.15, 0.2) is 5.79 Å². The molecule has 0 aliphatic carbocycles. The molecule has 2 aliphatic rings. The van der Waals surface area contributed by atoms with Gasteiger partial charge in [0.05, 0.1) is 19.3 Å². The maximum Gasteiger partial charge on any atom is 0.163 e. The lowest BCUT2D eigenvalue weighted by atomic mass is 9.93. The first kappa shape index (κ1) is 19.6. The molecular weight excluding hydrogens is 354 g/mol. The van der Waals surface area contributed by atoms with Crippen LogP contribution in [0.5, 0.6) is 0 Å². The fourth-order valence-electron chi connectivity index (χ4n) is 4.27. The van der Waals surface area contributed by atoms with Gasteiger partial charge in [0.25, 0.3) is 0 Å². The molecule has 0 unspecified atom stereocenters. The molecule has 1 N–H and O–H groups in total. The zero-order valence-corrected chi connectivity index (χ0v) is 16.5. The second-order valence-corrected chi connectivity index (χ2v) is 8.06. The minimum Gasteiger partial charge on any atom is -0.395 e. The Morgan fingerprint density at radius 3 is 2.29 bits per heavy atom. The van der Waals surface area contributed by atoms with E-state index in [1.807, 2.05) is 62.4 Å². The highest BCUT2D eigenvalue weighted by Crippen LogP contribution is 2.37. The van der Waals surface area contributed by atoms with E-state index in [1.165, 1.54) is 5.56 Å². The summed E-state index contributed by atoms with van der Waals surface area (Å²) >= 11 is 0. The van der Waals surface area contributed by atoms with E-state index in [0.717, 1.165) is 12.1 Å². The Kier molecular flexibility index (Phi) is 5.80. The summed E-state index contributed by atoms with van der Waals surface area (Å²) in [4.78, 5) is 2.26. The zero-order valence-electron chi connectivity index (χ0n) is 16.5. The van der Waals surface area contributed by atoms with Crippen molar-refractivity contribution in [2.75, 3.05) is 13.2 Å². The Morgan fingerprint density at radius 2 is 1.64 bits per heavy atom. The van der Waals surface area contributed by atoms with Gasteiger partial charge in [0.1, 0.15) is 18.3 Å². The van der Waals surface area contributed by atoms with Gasteiger partial charge in [0, 0.05) is 13.1 Å². The molecule has 0 radical (unpaired) electrons. The summed E-state index contributed by atoms with van der Waals surface area (Å²) in [5.41, 5.74) is 2.31. The molecule has 4 atom stereocenters. The molecule has 28 heavy (non-hydrogen) atoms. The van der Waals surface area contributed by atoms with Gasteiger partial charge in [-0.1, -0.05) is 60.7 Å². The lowest BCUT2D eigenvalue weighted by molar-refractivity contribution is -0.167. The van der Waals surface area contributed by atoms with E-state index < -0.39 is 5.79 Å². The van der Waals surface area contributed by atoms with E-state index in [0.29, 0.717) is 13.2 Å². The van der Waals surface area contributed by atoms with Crippen LogP contribution >= 0.6 is 0 Å². The third kappa shape index (κ3) is 4.29. The Hall–Kier alpha value is -1.76. The molecule has 2 aromatic rings. The zero-order chi connectivity index (χ0) is 19.6. The second kappa shape index (κ2) is 8.31. The number of benzene rings is 2. The largest absolute Gasteiger partial charge is 0.395 e. The van der Waals surface area contributed by atoms with E-state index in [1.54, 1.807) is 0 Å². The molecule has 2 aliphatic heterocycles. The first-order valence-electron chi connectivity index (χ1n) is 9.96. The normalized spacial score (nSPS) is 29.5. The van der Waals surface area contributed by atoms with E-state index >= 15 is 0 Å². The molecule has 0 saturated carbocycles. The van der Waals surface area contributed by atoms with Gasteiger partial charge in [0.2, 0.25) is 0 Å². The van der Waals surface area contributed by atoms with Gasteiger partial charge in [-0.25, -0.2) is 0 Å². The summed E-state index contributed by atoms with van der Waals surface area (Å²) in [6, 6.07) is 20.3. The maximum atomic E-state index is 10.2. The van der Waals surface area contributed by atoms with Gasteiger partial charge in [-0.05, 0) is 25.0 Å². The van der Waals surface area contributed by atoms with Crippen molar-refractivity contribution in [1.82, 2.24) is 4.90 Å². The molecule has 0 spiro atoms. The van der Waals surface area contributed by atoms with Crippen LogP contribution in [0, 0.1) is 0 Å². The summed E-state index contributed by atoms with van der Waals surface area (Å²) in [6.45, 7) is 5.82. The molecule has 0 aromatic heterocycles. The van der Waals surface area contributed by atoms with E-state index in [9.17, 15) is 5.11 Å². The minimum absolute atomic E-state index is 0.0132. The average Bonchev–Trinajstić information content (AvgIpc) is 3.01. The van der Waals surface area contributed by atoms with Crippen LogP contribution in [0.4, 0.5) is 0 Å².